The standard InChI is InChI=1S/C16H17NO4/c1-11-8-12(9-21-11)14(18)17-10-16(2,15(19)20)13-6-4-3-5-7-13/h3-9H,10H2,1-2H3,(H,17,18)(H,19,20). The number of furan rings is 1. The fourth-order valence-electron chi connectivity index (χ4n) is 2.03. The molecule has 0 aliphatic rings. The summed E-state index contributed by atoms with van der Waals surface area (Å²) < 4.78 is 5.07. The summed E-state index contributed by atoms with van der Waals surface area (Å²) in [5.74, 6) is -0.711. The van der Waals surface area contributed by atoms with Gasteiger partial charge in [-0.15, -0.1) is 0 Å². The summed E-state index contributed by atoms with van der Waals surface area (Å²) in [7, 11) is 0. The van der Waals surface area contributed by atoms with E-state index in [9.17, 15) is 14.7 Å². The van der Waals surface area contributed by atoms with Crippen LogP contribution in [0.3, 0.4) is 0 Å². The first-order valence-electron chi connectivity index (χ1n) is 6.56. The zero-order valence-electron chi connectivity index (χ0n) is 11.9. The van der Waals surface area contributed by atoms with Crippen LogP contribution in [0.25, 0.3) is 0 Å². The Balaban J connectivity index is 2.14. The number of hydrogen-bond acceptors (Lipinski definition) is 3. The normalized spacial score (nSPS) is 13.4. The first kappa shape index (κ1) is 14.8. The predicted octanol–water partition coefficient (Wildman–Crippen LogP) is 2.36. The van der Waals surface area contributed by atoms with Crippen LogP contribution in [0.5, 0.6) is 0 Å². The summed E-state index contributed by atoms with van der Waals surface area (Å²) in [6, 6.07) is 10.5. The van der Waals surface area contributed by atoms with Crippen molar-refractivity contribution in [3.8, 4) is 0 Å². The van der Waals surface area contributed by atoms with Crippen LogP contribution in [0.15, 0.2) is 47.1 Å². The molecule has 0 fully saturated rings. The first-order chi connectivity index (χ1) is 9.93. The van der Waals surface area contributed by atoms with Crippen molar-refractivity contribution in [3.63, 3.8) is 0 Å². The molecule has 0 radical (unpaired) electrons. The summed E-state index contributed by atoms with van der Waals surface area (Å²) in [6.07, 6.45) is 1.35. The van der Waals surface area contributed by atoms with Crippen LogP contribution in [0, 0.1) is 6.92 Å². The van der Waals surface area contributed by atoms with Crippen LogP contribution in [-0.4, -0.2) is 23.5 Å². The molecule has 1 atom stereocenters. The van der Waals surface area contributed by atoms with E-state index in [-0.39, 0.29) is 12.5 Å². The number of carboxylic acid groups (broad SMARTS) is 1. The van der Waals surface area contributed by atoms with Crippen molar-refractivity contribution in [2.45, 2.75) is 19.3 Å². The number of carbonyl (C=O) groups excluding carboxylic acids is 1. The molecule has 2 rings (SSSR count). The zero-order valence-corrected chi connectivity index (χ0v) is 11.9. The molecule has 0 saturated heterocycles. The minimum atomic E-state index is -1.18. The summed E-state index contributed by atoms with van der Waals surface area (Å²) in [5, 5.41) is 12.2. The third-order valence-corrected chi connectivity index (χ3v) is 3.48. The second-order valence-electron chi connectivity index (χ2n) is 5.13. The Labute approximate surface area is 122 Å². The molecular weight excluding hydrogens is 270 g/mol. The number of benzene rings is 1. The van der Waals surface area contributed by atoms with Crippen molar-refractivity contribution in [1.29, 1.82) is 0 Å². The molecule has 0 spiro atoms. The third kappa shape index (κ3) is 3.13. The van der Waals surface area contributed by atoms with E-state index in [1.807, 2.05) is 6.07 Å². The van der Waals surface area contributed by atoms with Crippen LogP contribution < -0.4 is 5.32 Å². The van der Waals surface area contributed by atoms with Gasteiger partial charge in [0, 0.05) is 6.54 Å². The highest BCUT2D eigenvalue weighted by Gasteiger charge is 2.35. The second kappa shape index (κ2) is 5.83. The molecule has 0 saturated carbocycles. The predicted molar refractivity (Wildman–Crippen MR) is 77.2 cm³/mol. The lowest BCUT2D eigenvalue weighted by molar-refractivity contribution is -0.142. The van der Waals surface area contributed by atoms with E-state index in [0.29, 0.717) is 16.9 Å². The molecule has 1 unspecified atom stereocenters. The maximum Gasteiger partial charge on any atom is 0.315 e. The van der Waals surface area contributed by atoms with Gasteiger partial charge >= 0.3 is 5.97 Å². The van der Waals surface area contributed by atoms with Gasteiger partial charge in [-0.05, 0) is 25.5 Å². The Kier molecular flexibility index (Phi) is 4.12. The molecule has 110 valence electrons. The quantitative estimate of drug-likeness (QED) is 0.884. The summed E-state index contributed by atoms with van der Waals surface area (Å²) in [5.41, 5.74) is -0.162. The largest absolute Gasteiger partial charge is 0.481 e. The minimum Gasteiger partial charge on any atom is -0.481 e. The van der Waals surface area contributed by atoms with Gasteiger partial charge in [-0.3, -0.25) is 9.59 Å². The topological polar surface area (TPSA) is 79.5 Å². The maximum absolute atomic E-state index is 12.0. The molecule has 1 heterocycles. The summed E-state index contributed by atoms with van der Waals surface area (Å²) >= 11 is 0. The lowest BCUT2D eigenvalue weighted by atomic mass is 9.82. The molecule has 5 nitrogen and oxygen atoms in total. The number of carboxylic acids is 1. The van der Waals surface area contributed by atoms with E-state index in [1.165, 1.54) is 6.26 Å². The first-order valence-corrected chi connectivity index (χ1v) is 6.56. The maximum atomic E-state index is 12.0. The molecule has 1 aromatic carbocycles. The van der Waals surface area contributed by atoms with Crippen molar-refractivity contribution in [3.05, 3.63) is 59.5 Å². The number of amides is 1. The van der Waals surface area contributed by atoms with Crippen LogP contribution in [0.1, 0.15) is 28.6 Å². The van der Waals surface area contributed by atoms with Crippen molar-refractivity contribution < 1.29 is 19.1 Å². The highest BCUT2D eigenvalue weighted by Crippen LogP contribution is 2.23. The molecule has 5 heteroatoms. The molecule has 2 N–H and O–H groups in total. The lowest BCUT2D eigenvalue weighted by Gasteiger charge is -2.25. The highest BCUT2D eigenvalue weighted by atomic mass is 16.4. The van der Waals surface area contributed by atoms with Crippen LogP contribution in [-0.2, 0) is 10.2 Å². The Morgan fingerprint density at radius 1 is 1.29 bits per heavy atom. The number of aliphatic carboxylic acids is 1. The average Bonchev–Trinajstić information content (AvgIpc) is 2.91. The molecule has 0 aliphatic heterocycles. The van der Waals surface area contributed by atoms with Crippen molar-refractivity contribution in [2.75, 3.05) is 6.54 Å². The number of aryl methyl sites for hydroxylation is 1. The Morgan fingerprint density at radius 2 is 1.95 bits per heavy atom. The fraction of sp³-hybridized carbons (Fsp3) is 0.250. The molecule has 21 heavy (non-hydrogen) atoms. The molecule has 1 amide bonds. The Morgan fingerprint density at radius 3 is 2.48 bits per heavy atom. The van der Waals surface area contributed by atoms with Gasteiger partial charge in [0.25, 0.3) is 5.91 Å². The van der Waals surface area contributed by atoms with E-state index in [4.69, 9.17) is 4.42 Å². The zero-order chi connectivity index (χ0) is 15.5. The second-order valence-corrected chi connectivity index (χ2v) is 5.13. The van der Waals surface area contributed by atoms with Gasteiger partial charge in [0.05, 0.1) is 5.56 Å². The fourth-order valence-corrected chi connectivity index (χ4v) is 2.03. The van der Waals surface area contributed by atoms with Gasteiger partial charge in [-0.1, -0.05) is 30.3 Å². The highest BCUT2D eigenvalue weighted by molar-refractivity contribution is 5.94. The third-order valence-electron chi connectivity index (χ3n) is 3.48. The lowest BCUT2D eigenvalue weighted by Crippen LogP contribution is -2.44. The Bertz CT molecular complexity index is 647. The summed E-state index contributed by atoms with van der Waals surface area (Å²) in [6.45, 7) is 3.32. The Hall–Kier alpha value is -2.56. The molecular formula is C16H17NO4. The number of rotatable bonds is 5. The molecule has 2 aromatic rings. The molecule has 0 bridgehead atoms. The van der Waals surface area contributed by atoms with Gasteiger partial charge in [0.2, 0.25) is 0 Å². The van der Waals surface area contributed by atoms with E-state index in [1.54, 1.807) is 44.2 Å². The van der Waals surface area contributed by atoms with Crippen molar-refractivity contribution >= 4 is 11.9 Å². The van der Waals surface area contributed by atoms with Gasteiger partial charge in [-0.2, -0.15) is 0 Å². The van der Waals surface area contributed by atoms with E-state index in [2.05, 4.69) is 5.32 Å². The van der Waals surface area contributed by atoms with Crippen molar-refractivity contribution in [2.24, 2.45) is 0 Å². The monoisotopic (exact) mass is 287 g/mol. The van der Waals surface area contributed by atoms with E-state index in [0.717, 1.165) is 0 Å². The number of carbonyl (C=O) groups is 2. The van der Waals surface area contributed by atoms with Crippen LogP contribution >= 0.6 is 0 Å². The summed E-state index contributed by atoms with van der Waals surface area (Å²) in [4.78, 5) is 23.6. The van der Waals surface area contributed by atoms with Gasteiger partial charge in [0.1, 0.15) is 17.4 Å². The van der Waals surface area contributed by atoms with Crippen molar-refractivity contribution in [1.82, 2.24) is 5.32 Å². The molecule has 0 aliphatic carbocycles. The average molecular weight is 287 g/mol. The van der Waals surface area contributed by atoms with Gasteiger partial charge in [-0.25, -0.2) is 0 Å². The van der Waals surface area contributed by atoms with Gasteiger partial charge < -0.3 is 14.8 Å². The smallest absolute Gasteiger partial charge is 0.315 e. The van der Waals surface area contributed by atoms with Gasteiger partial charge in [0.15, 0.2) is 0 Å². The number of nitrogens with one attached hydrogen (secondary N) is 1. The van der Waals surface area contributed by atoms with E-state index >= 15 is 0 Å². The molecule has 1 aromatic heterocycles. The SMILES string of the molecule is Cc1cc(C(=O)NCC(C)(C(=O)O)c2ccccc2)co1. The minimum absolute atomic E-state index is 0.00456. The number of hydrogen-bond donors (Lipinski definition) is 2. The van der Waals surface area contributed by atoms with Crippen LogP contribution in [0.4, 0.5) is 0 Å². The van der Waals surface area contributed by atoms with Crippen LogP contribution in [0.2, 0.25) is 0 Å². The van der Waals surface area contributed by atoms with E-state index < -0.39 is 11.4 Å².